The molecular formula is C3H16Na3O13P. The van der Waals surface area contributed by atoms with Crippen molar-refractivity contribution in [2.45, 2.75) is 6.10 Å². The molecule has 0 radical (unpaired) electrons. The predicted octanol–water partition coefficient (Wildman–Crippen LogP) is -18.0. The van der Waals surface area contributed by atoms with Gasteiger partial charge in [0.05, 0.1) is 20.4 Å². The molecule has 0 unspecified atom stereocenters. The van der Waals surface area contributed by atoms with Crippen LogP contribution in [-0.2, 0) is 13.9 Å². The molecule has 20 heavy (non-hydrogen) atoms. The third-order valence-corrected chi connectivity index (χ3v) is 1.20. The van der Waals surface area contributed by atoms with Crippen molar-refractivity contribution in [2.75, 3.05) is 6.61 Å². The number of carbonyl (C=O) groups is 1. The zero-order chi connectivity index (χ0) is 9.07. The van der Waals surface area contributed by atoms with Crippen molar-refractivity contribution in [3.8, 4) is 0 Å². The van der Waals surface area contributed by atoms with Gasteiger partial charge in [-0.15, -0.1) is 0 Å². The Bertz CT molecular complexity index is 197. The van der Waals surface area contributed by atoms with Crippen molar-refractivity contribution in [3.05, 3.63) is 0 Å². The minimum Gasteiger partial charge on any atom is -0.790 e. The summed E-state index contributed by atoms with van der Waals surface area (Å²) in [6.45, 7) is -1.13. The SMILES string of the molecule is O.O.O.O.O.O.O=C([O-])[C@@H](CO)OP(=O)([O-])[O-].[Na+].[Na+].[Na+]. The second kappa shape index (κ2) is 33.0. The Balaban J connectivity index is -0.0000000139. The van der Waals surface area contributed by atoms with Gasteiger partial charge in [0.15, 0.2) is 0 Å². The normalized spacial score (nSPS) is 7.95. The number of carboxylic acids is 1. The maximum atomic E-state index is 9.81. The molecule has 0 aliphatic heterocycles. The maximum Gasteiger partial charge on any atom is 1.00 e. The molecule has 17 heteroatoms. The summed E-state index contributed by atoms with van der Waals surface area (Å²) in [5.41, 5.74) is 0. The van der Waals surface area contributed by atoms with Crippen molar-refractivity contribution in [1.82, 2.24) is 0 Å². The van der Waals surface area contributed by atoms with E-state index in [1.165, 1.54) is 0 Å². The molecular weight excluding hydrogens is 344 g/mol. The molecule has 0 bridgehead atoms. The van der Waals surface area contributed by atoms with E-state index in [1.54, 1.807) is 0 Å². The van der Waals surface area contributed by atoms with Gasteiger partial charge in [-0.3, -0.25) is 0 Å². The summed E-state index contributed by atoms with van der Waals surface area (Å²) in [5, 5.41) is 17.9. The number of phosphoric acid groups is 1. The molecule has 0 rings (SSSR count). The summed E-state index contributed by atoms with van der Waals surface area (Å²) >= 11 is 0. The molecule has 0 heterocycles. The molecule has 13 nitrogen and oxygen atoms in total. The van der Waals surface area contributed by atoms with Crippen molar-refractivity contribution >= 4 is 13.8 Å². The van der Waals surface area contributed by atoms with Gasteiger partial charge in [-0.2, -0.15) is 0 Å². The number of phosphoric ester groups is 1. The molecule has 114 valence electrons. The van der Waals surface area contributed by atoms with Gasteiger partial charge in [0.25, 0.3) is 0 Å². The minimum atomic E-state index is -5.37. The van der Waals surface area contributed by atoms with Gasteiger partial charge in [-0.1, -0.05) is 0 Å². The fraction of sp³-hybridized carbons (Fsp3) is 0.667. The number of carboxylic acid groups (broad SMARTS) is 1. The number of hydrogen-bond donors (Lipinski definition) is 1. The third kappa shape index (κ3) is 42.7. The second-order valence-corrected chi connectivity index (χ2v) is 2.65. The van der Waals surface area contributed by atoms with Gasteiger partial charge < -0.3 is 66.7 Å². The van der Waals surface area contributed by atoms with Gasteiger partial charge in [0, 0.05) is 0 Å². The van der Waals surface area contributed by atoms with E-state index in [-0.39, 0.29) is 122 Å². The minimum absolute atomic E-state index is 0. The Kier molecular flexibility index (Phi) is 110. The quantitative estimate of drug-likeness (QED) is 0.372. The van der Waals surface area contributed by atoms with E-state index in [4.69, 9.17) is 5.11 Å². The summed E-state index contributed by atoms with van der Waals surface area (Å²) in [4.78, 5) is 29.3. The molecule has 0 aromatic heterocycles. The first-order valence-corrected chi connectivity index (χ1v) is 3.85. The van der Waals surface area contributed by atoms with Gasteiger partial charge in [0.2, 0.25) is 0 Å². The maximum absolute atomic E-state index is 9.81. The fourth-order valence-electron chi connectivity index (χ4n) is 0.307. The Morgan fingerprint density at radius 3 is 1.30 bits per heavy atom. The topological polar surface area (TPSA) is 322 Å². The molecule has 0 aromatic rings. The van der Waals surface area contributed by atoms with Crippen LogP contribution in [-0.4, -0.2) is 56.6 Å². The summed E-state index contributed by atoms with van der Waals surface area (Å²) in [6.07, 6.45) is -2.11. The Labute approximate surface area is 180 Å². The van der Waals surface area contributed by atoms with Crippen LogP contribution < -0.4 is 104 Å². The van der Waals surface area contributed by atoms with Crippen LogP contribution in [0.3, 0.4) is 0 Å². The van der Waals surface area contributed by atoms with Gasteiger partial charge in [0.1, 0.15) is 6.10 Å². The summed E-state index contributed by atoms with van der Waals surface area (Å²) in [6, 6.07) is 0. The molecule has 0 fully saturated rings. The standard InChI is InChI=1S/C3H7O7P.3Na.6H2O/c4-1-2(3(5)6)10-11(7,8)9;;;;;;;;;/h2,4H,1H2,(H,5,6)(H2,7,8,9);;;;6*1H2/q;3*+1;;;;;;/p-3/t2-;;;;;;;;;/m1........./s1. The van der Waals surface area contributed by atoms with Crippen LogP contribution in [0.15, 0.2) is 0 Å². The monoisotopic (exact) mass is 360 g/mol. The van der Waals surface area contributed by atoms with E-state index < -0.39 is 26.5 Å². The molecule has 0 saturated carbocycles. The average molecular weight is 360 g/mol. The number of rotatable bonds is 4. The van der Waals surface area contributed by atoms with Gasteiger partial charge >= 0.3 is 88.7 Å². The molecule has 1 atom stereocenters. The second-order valence-electron chi connectivity index (χ2n) is 1.54. The molecule has 0 saturated heterocycles. The number of aliphatic carboxylic acids is 1. The van der Waals surface area contributed by atoms with Crippen LogP contribution >= 0.6 is 7.82 Å². The van der Waals surface area contributed by atoms with E-state index in [0.29, 0.717) is 0 Å². The fourth-order valence-corrected chi connectivity index (χ4v) is 0.771. The largest absolute Gasteiger partial charge is 1.00 e. The smallest absolute Gasteiger partial charge is 0.790 e. The predicted molar refractivity (Wildman–Crippen MR) is 46.3 cm³/mol. The Hall–Kier alpha value is 2.30. The first-order valence-electron chi connectivity index (χ1n) is 2.39. The van der Waals surface area contributed by atoms with Crippen molar-refractivity contribution in [3.63, 3.8) is 0 Å². The summed E-state index contributed by atoms with van der Waals surface area (Å²) < 4.78 is 13.1. The summed E-state index contributed by atoms with van der Waals surface area (Å²) in [5.74, 6) is -1.96. The van der Waals surface area contributed by atoms with Crippen LogP contribution in [0.5, 0.6) is 0 Å². The number of aliphatic hydroxyl groups is 1. The molecule has 0 spiro atoms. The van der Waals surface area contributed by atoms with E-state index in [9.17, 15) is 24.3 Å². The zero-order valence-electron chi connectivity index (χ0n) is 11.1. The van der Waals surface area contributed by atoms with Crippen molar-refractivity contribution < 1.29 is 155 Å². The average Bonchev–Trinajstić information content (AvgIpc) is 1.80. The van der Waals surface area contributed by atoms with E-state index in [2.05, 4.69) is 4.52 Å². The number of hydrogen-bond acceptors (Lipinski definition) is 7. The Morgan fingerprint density at radius 2 is 1.25 bits per heavy atom. The first-order chi connectivity index (χ1) is 4.87. The summed E-state index contributed by atoms with van der Waals surface area (Å²) in [7, 11) is -5.37. The van der Waals surface area contributed by atoms with E-state index >= 15 is 0 Å². The van der Waals surface area contributed by atoms with E-state index in [0.717, 1.165) is 0 Å². The first kappa shape index (κ1) is 66.9. The molecule has 0 amide bonds. The van der Waals surface area contributed by atoms with Crippen LogP contribution in [0.2, 0.25) is 0 Å². The van der Waals surface area contributed by atoms with Crippen molar-refractivity contribution in [1.29, 1.82) is 0 Å². The third-order valence-electron chi connectivity index (χ3n) is 0.685. The number of carbonyl (C=O) groups excluding carboxylic acids is 1. The molecule has 0 aromatic carbocycles. The van der Waals surface area contributed by atoms with E-state index in [1.807, 2.05) is 0 Å². The van der Waals surface area contributed by atoms with Gasteiger partial charge in [-0.25, -0.2) is 0 Å². The molecule has 0 aliphatic rings. The van der Waals surface area contributed by atoms with Crippen LogP contribution in [0.4, 0.5) is 0 Å². The zero-order valence-corrected chi connectivity index (χ0v) is 18.0. The van der Waals surface area contributed by atoms with Crippen molar-refractivity contribution in [2.24, 2.45) is 0 Å². The molecule has 13 N–H and O–H groups in total. The Morgan fingerprint density at radius 1 is 1.00 bits per heavy atom. The van der Waals surface area contributed by atoms with Crippen LogP contribution in [0, 0.1) is 0 Å². The van der Waals surface area contributed by atoms with Gasteiger partial charge in [-0.05, 0) is 0 Å². The van der Waals surface area contributed by atoms with Crippen LogP contribution in [0.1, 0.15) is 0 Å². The van der Waals surface area contributed by atoms with Crippen LogP contribution in [0.25, 0.3) is 0 Å². The number of aliphatic hydroxyl groups excluding tert-OH is 1. The molecule has 0 aliphatic carbocycles.